The van der Waals surface area contributed by atoms with E-state index in [2.05, 4.69) is 36.5 Å². The first-order valence-corrected chi connectivity index (χ1v) is 6.19. The Kier molecular flexibility index (Phi) is 3.83. The summed E-state index contributed by atoms with van der Waals surface area (Å²) >= 11 is 0. The fraction of sp³-hybridized carbons (Fsp3) is 0.571. The van der Waals surface area contributed by atoms with E-state index in [4.69, 9.17) is 4.74 Å². The Hall–Kier alpha value is -1.02. The molecule has 1 aromatic rings. The second-order valence-electron chi connectivity index (χ2n) is 4.63. The molecule has 1 N–H and O–H groups in total. The molecule has 88 valence electrons. The van der Waals surface area contributed by atoms with E-state index < -0.39 is 0 Å². The number of rotatable bonds is 4. The van der Waals surface area contributed by atoms with Crippen LogP contribution in [-0.4, -0.2) is 13.2 Å². The average molecular weight is 219 g/mol. The lowest BCUT2D eigenvalue weighted by Gasteiger charge is -2.16. The number of hydrogen-bond donors (Lipinski definition) is 1. The fourth-order valence-electron chi connectivity index (χ4n) is 2.32. The van der Waals surface area contributed by atoms with Gasteiger partial charge >= 0.3 is 0 Å². The maximum atomic E-state index is 5.33. The minimum Gasteiger partial charge on any atom is -0.382 e. The number of hydrogen-bond acceptors (Lipinski definition) is 2. The van der Waals surface area contributed by atoms with E-state index >= 15 is 0 Å². The minimum absolute atomic E-state index is 0.172. The fourth-order valence-corrected chi connectivity index (χ4v) is 2.32. The molecule has 0 aromatic heterocycles. The van der Waals surface area contributed by atoms with E-state index in [0.717, 1.165) is 0 Å². The highest BCUT2D eigenvalue weighted by Crippen LogP contribution is 2.24. The molecule has 0 aliphatic heterocycles. The van der Waals surface area contributed by atoms with Crippen LogP contribution in [0.5, 0.6) is 0 Å². The van der Waals surface area contributed by atoms with Crippen LogP contribution >= 0.6 is 0 Å². The molecule has 2 rings (SSSR count). The van der Waals surface area contributed by atoms with Crippen LogP contribution < -0.4 is 5.32 Å². The molecule has 1 aliphatic carbocycles. The predicted octanol–water partition coefficient (Wildman–Crippen LogP) is 3.75. The predicted molar refractivity (Wildman–Crippen MR) is 67.7 cm³/mol. The SMILES string of the molecule is COC(C)c1cccc(NC2CCCC2)c1. The summed E-state index contributed by atoms with van der Waals surface area (Å²) in [5, 5.41) is 3.60. The van der Waals surface area contributed by atoms with Gasteiger partial charge < -0.3 is 10.1 Å². The third kappa shape index (κ3) is 2.76. The van der Waals surface area contributed by atoms with Crippen LogP contribution in [0.3, 0.4) is 0 Å². The lowest BCUT2D eigenvalue weighted by Crippen LogP contribution is -2.14. The van der Waals surface area contributed by atoms with Crippen LogP contribution in [0.1, 0.15) is 44.3 Å². The second kappa shape index (κ2) is 5.35. The maximum absolute atomic E-state index is 5.33. The largest absolute Gasteiger partial charge is 0.382 e. The van der Waals surface area contributed by atoms with Crippen LogP contribution in [0.2, 0.25) is 0 Å². The molecule has 0 radical (unpaired) electrons. The molecule has 1 aromatic carbocycles. The van der Waals surface area contributed by atoms with Gasteiger partial charge in [0.2, 0.25) is 0 Å². The molecular formula is C14H21NO. The number of methoxy groups -OCH3 is 1. The monoisotopic (exact) mass is 219 g/mol. The molecule has 1 unspecified atom stereocenters. The minimum atomic E-state index is 0.172. The summed E-state index contributed by atoms with van der Waals surface area (Å²) < 4.78 is 5.33. The standard InChI is InChI=1S/C14H21NO/c1-11(16-2)12-6-5-9-14(10-12)15-13-7-3-4-8-13/h5-6,9-11,13,15H,3-4,7-8H2,1-2H3. The van der Waals surface area contributed by atoms with Gasteiger partial charge in [0.25, 0.3) is 0 Å². The van der Waals surface area contributed by atoms with Crippen LogP contribution in [-0.2, 0) is 4.74 Å². The molecule has 0 bridgehead atoms. The second-order valence-corrected chi connectivity index (χ2v) is 4.63. The zero-order chi connectivity index (χ0) is 11.4. The number of anilines is 1. The Bertz CT molecular complexity index is 331. The molecule has 0 spiro atoms. The smallest absolute Gasteiger partial charge is 0.0793 e. The van der Waals surface area contributed by atoms with Crippen molar-refractivity contribution in [1.82, 2.24) is 0 Å². The molecule has 0 heterocycles. The summed E-state index contributed by atoms with van der Waals surface area (Å²) in [6.45, 7) is 2.08. The number of nitrogens with one attached hydrogen (secondary N) is 1. The first kappa shape index (κ1) is 11.5. The lowest BCUT2D eigenvalue weighted by molar-refractivity contribution is 0.119. The topological polar surface area (TPSA) is 21.3 Å². The molecule has 2 heteroatoms. The maximum Gasteiger partial charge on any atom is 0.0793 e. The summed E-state index contributed by atoms with van der Waals surface area (Å²) in [5.41, 5.74) is 2.47. The molecule has 16 heavy (non-hydrogen) atoms. The van der Waals surface area contributed by atoms with Gasteiger partial charge in [-0.05, 0) is 37.5 Å². The normalized spacial score (nSPS) is 18.6. The first-order valence-electron chi connectivity index (χ1n) is 6.19. The average Bonchev–Trinajstić information content (AvgIpc) is 2.81. The van der Waals surface area contributed by atoms with Gasteiger partial charge in [-0.1, -0.05) is 25.0 Å². The van der Waals surface area contributed by atoms with Crippen molar-refractivity contribution in [3.8, 4) is 0 Å². The Balaban J connectivity index is 2.03. The highest BCUT2D eigenvalue weighted by Gasteiger charge is 2.14. The summed E-state index contributed by atoms with van der Waals surface area (Å²) in [7, 11) is 1.75. The van der Waals surface area contributed by atoms with Gasteiger partial charge in [0.1, 0.15) is 0 Å². The molecule has 1 aliphatic rings. The van der Waals surface area contributed by atoms with E-state index in [9.17, 15) is 0 Å². The highest BCUT2D eigenvalue weighted by molar-refractivity contribution is 5.47. The van der Waals surface area contributed by atoms with Gasteiger partial charge in [0.15, 0.2) is 0 Å². The molecular weight excluding hydrogens is 198 g/mol. The van der Waals surface area contributed by atoms with Crippen LogP contribution in [0.15, 0.2) is 24.3 Å². The Labute approximate surface area is 98.0 Å². The van der Waals surface area contributed by atoms with E-state index in [-0.39, 0.29) is 6.10 Å². The van der Waals surface area contributed by atoms with E-state index in [1.807, 2.05) is 0 Å². The molecule has 1 saturated carbocycles. The van der Waals surface area contributed by atoms with Crippen LogP contribution in [0.25, 0.3) is 0 Å². The van der Waals surface area contributed by atoms with Gasteiger partial charge in [0, 0.05) is 18.8 Å². The summed E-state index contributed by atoms with van der Waals surface area (Å²) in [5.74, 6) is 0. The van der Waals surface area contributed by atoms with Gasteiger partial charge in [-0.3, -0.25) is 0 Å². The van der Waals surface area contributed by atoms with Crippen molar-refractivity contribution in [3.05, 3.63) is 29.8 Å². The van der Waals surface area contributed by atoms with Crippen molar-refractivity contribution in [2.45, 2.75) is 44.8 Å². The summed E-state index contributed by atoms with van der Waals surface area (Å²) in [4.78, 5) is 0. The highest BCUT2D eigenvalue weighted by atomic mass is 16.5. The molecule has 0 amide bonds. The molecule has 0 saturated heterocycles. The summed E-state index contributed by atoms with van der Waals surface area (Å²) in [6.07, 6.45) is 5.52. The third-order valence-corrected chi connectivity index (χ3v) is 3.44. The Morgan fingerprint density at radius 2 is 2.06 bits per heavy atom. The van der Waals surface area contributed by atoms with Crippen molar-refractivity contribution in [2.24, 2.45) is 0 Å². The third-order valence-electron chi connectivity index (χ3n) is 3.44. The van der Waals surface area contributed by atoms with Gasteiger partial charge in [-0.2, -0.15) is 0 Å². The number of benzene rings is 1. The van der Waals surface area contributed by atoms with Gasteiger partial charge in [-0.15, -0.1) is 0 Å². The molecule has 1 fully saturated rings. The van der Waals surface area contributed by atoms with E-state index in [0.29, 0.717) is 6.04 Å². The lowest BCUT2D eigenvalue weighted by atomic mass is 10.1. The van der Waals surface area contributed by atoms with Gasteiger partial charge in [-0.25, -0.2) is 0 Å². The summed E-state index contributed by atoms with van der Waals surface area (Å²) in [6, 6.07) is 9.24. The van der Waals surface area contributed by atoms with Crippen molar-refractivity contribution in [2.75, 3.05) is 12.4 Å². The Morgan fingerprint density at radius 3 is 2.75 bits per heavy atom. The zero-order valence-electron chi connectivity index (χ0n) is 10.2. The molecule has 2 nitrogen and oxygen atoms in total. The van der Waals surface area contributed by atoms with E-state index in [1.54, 1.807) is 7.11 Å². The first-order chi connectivity index (χ1) is 7.79. The van der Waals surface area contributed by atoms with Crippen LogP contribution in [0, 0.1) is 0 Å². The van der Waals surface area contributed by atoms with Crippen molar-refractivity contribution < 1.29 is 4.74 Å². The van der Waals surface area contributed by atoms with Gasteiger partial charge in [0.05, 0.1) is 6.10 Å². The van der Waals surface area contributed by atoms with E-state index in [1.165, 1.54) is 36.9 Å². The zero-order valence-corrected chi connectivity index (χ0v) is 10.2. The number of ether oxygens (including phenoxy) is 1. The Morgan fingerprint density at radius 1 is 1.31 bits per heavy atom. The molecule has 1 atom stereocenters. The van der Waals surface area contributed by atoms with Crippen LogP contribution in [0.4, 0.5) is 5.69 Å². The van der Waals surface area contributed by atoms with Crippen molar-refractivity contribution >= 4 is 5.69 Å². The van der Waals surface area contributed by atoms with Crippen molar-refractivity contribution in [1.29, 1.82) is 0 Å². The van der Waals surface area contributed by atoms with Crippen molar-refractivity contribution in [3.63, 3.8) is 0 Å². The quantitative estimate of drug-likeness (QED) is 0.832.